The van der Waals surface area contributed by atoms with Gasteiger partial charge in [0.15, 0.2) is 11.6 Å². The van der Waals surface area contributed by atoms with E-state index in [0.29, 0.717) is 24.9 Å². The van der Waals surface area contributed by atoms with Crippen molar-refractivity contribution >= 4 is 5.91 Å². The lowest BCUT2D eigenvalue weighted by atomic mass is 10.1. The molecule has 0 spiro atoms. The van der Waals surface area contributed by atoms with E-state index >= 15 is 0 Å². The second-order valence-electron chi connectivity index (χ2n) is 7.53. The highest BCUT2D eigenvalue weighted by atomic mass is 16.3. The highest BCUT2D eigenvalue weighted by Crippen LogP contribution is 2.33. The Morgan fingerprint density at radius 3 is 2.70 bits per heavy atom. The molecule has 1 aliphatic heterocycles. The zero-order valence-corrected chi connectivity index (χ0v) is 16.0. The fraction of sp³-hybridized carbons (Fsp3) is 0.684. The molecule has 8 heteroatoms. The van der Waals surface area contributed by atoms with E-state index in [1.165, 1.54) is 25.7 Å². The highest BCUT2D eigenvalue weighted by Gasteiger charge is 2.32. The highest BCUT2D eigenvalue weighted by molar-refractivity contribution is 5.91. The fourth-order valence-electron chi connectivity index (χ4n) is 4.37. The number of amides is 1. The summed E-state index contributed by atoms with van der Waals surface area (Å²) in [6.45, 7) is 5.26. The van der Waals surface area contributed by atoms with Crippen LogP contribution in [-0.2, 0) is 0 Å². The molecule has 0 radical (unpaired) electrons. The first kappa shape index (κ1) is 18.2. The number of aromatic nitrogens is 4. The first-order chi connectivity index (χ1) is 13.3. The molecule has 1 atom stereocenters. The summed E-state index contributed by atoms with van der Waals surface area (Å²) in [4.78, 5) is 16.8. The molecule has 2 aromatic heterocycles. The van der Waals surface area contributed by atoms with Crippen molar-refractivity contribution in [1.82, 2.24) is 30.0 Å². The molecule has 4 rings (SSSR count). The number of carbonyl (C=O) groups excluding carboxylic acids is 1. The van der Waals surface area contributed by atoms with Gasteiger partial charge in [-0.3, -0.25) is 9.69 Å². The topological polar surface area (TPSA) is 80.3 Å². The third-order valence-electron chi connectivity index (χ3n) is 5.82. The van der Waals surface area contributed by atoms with Gasteiger partial charge in [-0.1, -0.05) is 26.2 Å². The maximum absolute atomic E-state index is 12.5. The molecule has 3 heterocycles. The summed E-state index contributed by atoms with van der Waals surface area (Å²) < 4.78 is 7.34. The summed E-state index contributed by atoms with van der Waals surface area (Å²) in [6.07, 6.45) is 8.51. The Morgan fingerprint density at radius 1 is 1.26 bits per heavy atom. The summed E-state index contributed by atoms with van der Waals surface area (Å²) in [6, 6.07) is 4.14. The van der Waals surface area contributed by atoms with E-state index in [0.717, 1.165) is 31.8 Å². The largest absolute Gasteiger partial charge is 0.459 e. The van der Waals surface area contributed by atoms with Gasteiger partial charge in [-0.2, -0.15) is 0 Å². The van der Waals surface area contributed by atoms with Crippen molar-refractivity contribution in [2.45, 2.75) is 57.5 Å². The van der Waals surface area contributed by atoms with Crippen LogP contribution in [0.1, 0.15) is 73.9 Å². The minimum atomic E-state index is -0.0255. The number of furan rings is 1. The summed E-state index contributed by atoms with van der Waals surface area (Å²) in [5.74, 6) is 1.38. The van der Waals surface area contributed by atoms with Gasteiger partial charge in [-0.15, -0.1) is 5.10 Å². The Bertz CT molecular complexity index is 729. The van der Waals surface area contributed by atoms with Crippen LogP contribution in [0.4, 0.5) is 0 Å². The van der Waals surface area contributed by atoms with Crippen LogP contribution in [0.3, 0.4) is 0 Å². The van der Waals surface area contributed by atoms with Gasteiger partial charge in [0.25, 0.3) is 5.91 Å². The molecule has 1 amide bonds. The molecule has 0 aromatic carbocycles. The maximum atomic E-state index is 12.5. The van der Waals surface area contributed by atoms with Gasteiger partial charge in [-0.05, 0) is 41.8 Å². The molecule has 2 aromatic rings. The zero-order valence-electron chi connectivity index (χ0n) is 16.0. The second-order valence-corrected chi connectivity index (χ2v) is 7.53. The normalized spacial score (nSPS) is 20.3. The number of rotatable bonds is 6. The standard InChI is InChI=1S/C19H28N6O2/c1-2-6-16(18-20-21-22-25(18)15-7-3-4-8-15)23-10-12-24(13-11-23)19(26)17-9-5-14-27-17/h5,9,14-16H,2-4,6-8,10-13H2,1H3/t16-/m0/s1. The molecule has 146 valence electrons. The van der Waals surface area contributed by atoms with Crippen LogP contribution < -0.4 is 0 Å². The van der Waals surface area contributed by atoms with Crippen molar-refractivity contribution in [2.24, 2.45) is 0 Å². The van der Waals surface area contributed by atoms with Gasteiger partial charge in [0.05, 0.1) is 18.3 Å². The number of piperazine rings is 1. The molecule has 2 aliphatic rings. The first-order valence-electron chi connectivity index (χ1n) is 10.1. The van der Waals surface area contributed by atoms with Crippen LogP contribution >= 0.6 is 0 Å². The quantitative estimate of drug-likeness (QED) is 0.775. The van der Waals surface area contributed by atoms with Crippen LogP contribution in [0, 0.1) is 0 Å². The number of carbonyl (C=O) groups is 1. The van der Waals surface area contributed by atoms with Crippen molar-refractivity contribution in [3.8, 4) is 0 Å². The van der Waals surface area contributed by atoms with E-state index in [4.69, 9.17) is 4.42 Å². The third kappa shape index (κ3) is 3.76. The Labute approximate surface area is 159 Å². The Balaban J connectivity index is 1.45. The molecule has 0 bridgehead atoms. The minimum absolute atomic E-state index is 0.0255. The lowest BCUT2D eigenvalue weighted by molar-refractivity contribution is 0.0512. The third-order valence-corrected chi connectivity index (χ3v) is 5.82. The average Bonchev–Trinajstić information content (AvgIpc) is 3.47. The molecule has 2 fully saturated rings. The Hall–Kier alpha value is -2.22. The average molecular weight is 372 g/mol. The van der Waals surface area contributed by atoms with E-state index in [1.54, 1.807) is 18.4 Å². The van der Waals surface area contributed by atoms with E-state index in [9.17, 15) is 4.79 Å². The summed E-state index contributed by atoms with van der Waals surface area (Å²) in [5, 5.41) is 12.7. The van der Waals surface area contributed by atoms with E-state index in [-0.39, 0.29) is 11.9 Å². The predicted molar refractivity (Wildman–Crippen MR) is 99.2 cm³/mol. The molecular formula is C19H28N6O2. The number of nitrogens with zero attached hydrogens (tertiary/aromatic N) is 6. The van der Waals surface area contributed by atoms with Gasteiger partial charge in [-0.25, -0.2) is 4.68 Å². The molecule has 1 saturated carbocycles. The van der Waals surface area contributed by atoms with Crippen LogP contribution in [0.5, 0.6) is 0 Å². The van der Waals surface area contributed by atoms with E-state index in [2.05, 4.69) is 32.0 Å². The second kappa shape index (κ2) is 8.21. The summed E-state index contributed by atoms with van der Waals surface area (Å²) in [5.41, 5.74) is 0. The minimum Gasteiger partial charge on any atom is -0.459 e. The predicted octanol–water partition coefficient (Wildman–Crippen LogP) is 2.68. The van der Waals surface area contributed by atoms with E-state index in [1.807, 2.05) is 4.90 Å². The number of hydrogen-bond acceptors (Lipinski definition) is 6. The first-order valence-corrected chi connectivity index (χ1v) is 10.1. The van der Waals surface area contributed by atoms with Crippen LogP contribution in [-0.4, -0.2) is 62.1 Å². The van der Waals surface area contributed by atoms with Crippen molar-refractivity contribution in [2.75, 3.05) is 26.2 Å². The van der Waals surface area contributed by atoms with E-state index < -0.39 is 0 Å². The smallest absolute Gasteiger partial charge is 0.289 e. The van der Waals surface area contributed by atoms with Gasteiger partial charge in [0.2, 0.25) is 0 Å². The summed E-state index contributed by atoms with van der Waals surface area (Å²) >= 11 is 0. The van der Waals surface area contributed by atoms with Gasteiger partial charge < -0.3 is 9.32 Å². The maximum Gasteiger partial charge on any atom is 0.289 e. The lowest BCUT2D eigenvalue weighted by Crippen LogP contribution is -2.50. The van der Waals surface area contributed by atoms with Crippen LogP contribution in [0.25, 0.3) is 0 Å². The molecule has 0 N–H and O–H groups in total. The van der Waals surface area contributed by atoms with Crippen LogP contribution in [0.2, 0.25) is 0 Å². The van der Waals surface area contributed by atoms with Gasteiger partial charge in [0.1, 0.15) is 0 Å². The molecule has 1 aliphatic carbocycles. The molecular weight excluding hydrogens is 344 g/mol. The monoisotopic (exact) mass is 372 g/mol. The number of tetrazole rings is 1. The molecule has 0 unspecified atom stereocenters. The van der Waals surface area contributed by atoms with Crippen molar-refractivity contribution in [3.63, 3.8) is 0 Å². The van der Waals surface area contributed by atoms with Crippen LogP contribution in [0.15, 0.2) is 22.8 Å². The van der Waals surface area contributed by atoms with Crippen molar-refractivity contribution < 1.29 is 9.21 Å². The molecule has 8 nitrogen and oxygen atoms in total. The lowest BCUT2D eigenvalue weighted by Gasteiger charge is -2.38. The van der Waals surface area contributed by atoms with Gasteiger partial charge in [0, 0.05) is 26.2 Å². The SMILES string of the molecule is CCC[C@@H](c1nnnn1C1CCCC1)N1CCN(C(=O)c2ccco2)CC1. The summed E-state index contributed by atoms with van der Waals surface area (Å²) in [7, 11) is 0. The van der Waals surface area contributed by atoms with Crippen molar-refractivity contribution in [3.05, 3.63) is 30.0 Å². The molecule has 27 heavy (non-hydrogen) atoms. The Morgan fingerprint density at radius 2 is 2.04 bits per heavy atom. The zero-order chi connectivity index (χ0) is 18.6. The fourth-order valence-corrected chi connectivity index (χ4v) is 4.37. The van der Waals surface area contributed by atoms with Gasteiger partial charge >= 0.3 is 0 Å². The number of hydrogen-bond donors (Lipinski definition) is 0. The van der Waals surface area contributed by atoms with Crippen molar-refractivity contribution in [1.29, 1.82) is 0 Å². The molecule has 1 saturated heterocycles. The Kier molecular flexibility index (Phi) is 5.52.